The van der Waals surface area contributed by atoms with Crippen LogP contribution in [0.3, 0.4) is 0 Å². The van der Waals surface area contributed by atoms with Gasteiger partial charge in [-0.05, 0) is 36.4 Å². The van der Waals surface area contributed by atoms with Crippen LogP contribution in [0.1, 0.15) is 10.4 Å². The average molecular weight is 468 g/mol. The molecule has 154 valence electrons. The van der Waals surface area contributed by atoms with Crippen LogP contribution >= 0.6 is 34.8 Å². The van der Waals surface area contributed by atoms with E-state index in [0.29, 0.717) is 11.4 Å². The van der Waals surface area contributed by atoms with Crippen LogP contribution in [0.2, 0.25) is 15.1 Å². The molecule has 3 amide bonds. The van der Waals surface area contributed by atoms with Crippen LogP contribution in [0.25, 0.3) is 5.69 Å². The molecule has 1 heterocycles. The summed E-state index contributed by atoms with van der Waals surface area (Å²) in [5, 5.41) is 8.22. The summed E-state index contributed by atoms with van der Waals surface area (Å²) in [6.07, 6.45) is 1.18. The van der Waals surface area contributed by atoms with Gasteiger partial charge in [0, 0.05) is 0 Å². The molecule has 1 aromatic heterocycles. The Bertz CT molecular complexity index is 1160. The van der Waals surface area contributed by atoms with Gasteiger partial charge in [-0.1, -0.05) is 40.9 Å². The molecule has 2 aromatic carbocycles. The number of hydrogen-bond acceptors (Lipinski definition) is 5. The van der Waals surface area contributed by atoms with Gasteiger partial charge >= 0.3 is 6.03 Å². The second kappa shape index (κ2) is 9.17. The lowest BCUT2D eigenvalue weighted by Crippen LogP contribution is -2.35. The van der Waals surface area contributed by atoms with Crippen LogP contribution in [0.5, 0.6) is 5.75 Å². The average Bonchev–Trinajstić information content (AvgIpc) is 2.71. The first kappa shape index (κ1) is 21.6. The van der Waals surface area contributed by atoms with Crippen molar-refractivity contribution in [3.8, 4) is 11.4 Å². The van der Waals surface area contributed by atoms with Crippen molar-refractivity contribution in [3.05, 3.63) is 79.6 Å². The normalized spacial score (nSPS) is 10.4. The third-order valence-corrected chi connectivity index (χ3v) is 4.90. The molecule has 30 heavy (non-hydrogen) atoms. The van der Waals surface area contributed by atoms with Gasteiger partial charge in [-0.2, -0.15) is 9.78 Å². The maximum absolute atomic E-state index is 12.5. The number of benzene rings is 2. The lowest BCUT2D eigenvalue weighted by molar-refractivity contribution is 0.0967. The van der Waals surface area contributed by atoms with Gasteiger partial charge in [0.05, 0.1) is 40.3 Å². The molecule has 11 heteroatoms. The van der Waals surface area contributed by atoms with E-state index < -0.39 is 17.5 Å². The summed E-state index contributed by atoms with van der Waals surface area (Å²) in [6.45, 7) is 0. The van der Waals surface area contributed by atoms with E-state index in [4.69, 9.17) is 39.5 Å². The highest BCUT2D eigenvalue weighted by molar-refractivity contribution is 6.40. The summed E-state index contributed by atoms with van der Waals surface area (Å²) in [6, 6.07) is 10.1. The number of imide groups is 1. The number of halogens is 3. The van der Waals surface area contributed by atoms with Crippen molar-refractivity contribution < 1.29 is 14.3 Å². The van der Waals surface area contributed by atoms with Crippen LogP contribution in [0, 0.1) is 0 Å². The van der Waals surface area contributed by atoms with E-state index >= 15 is 0 Å². The molecule has 0 fully saturated rings. The number of anilines is 1. The number of nitrogens with one attached hydrogen (secondary N) is 2. The Labute approximate surface area is 185 Å². The molecule has 3 rings (SSSR count). The molecule has 8 nitrogen and oxygen atoms in total. The van der Waals surface area contributed by atoms with Gasteiger partial charge in [-0.3, -0.25) is 14.9 Å². The number of nitrogens with zero attached hydrogens (tertiary/aromatic N) is 2. The van der Waals surface area contributed by atoms with Crippen LogP contribution in [0.4, 0.5) is 10.5 Å². The second-order valence-corrected chi connectivity index (χ2v) is 6.98. The minimum atomic E-state index is -0.943. The molecule has 0 aliphatic carbocycles. The van der Waals surface area contributed by atoms with Gasteiger partial charge in [-0.15, -0.1) is 0 Å². The number of amides is 3. The van der Waals surface area contributed by atoms with Gasteiger partial charge in [0.15, 0.2) is 0 Å². The first-order chi connectivity index (χ1) is 14.3. The molecule has 0 spiro atoms. The van der Waals surface area contributed by atoms with Crippen LogP contribution < -0.4 is 20.9 Å². The number of rotatable bonds is 4. The Hall–Kier alpha value is -3.07. The van der Waals surface area contributed by atoms with E-state index in [9.17, 15) is 14.4 Å². The smallest absolute Gasteiger partial charge is 0.326 e. The highest BCUT2D eigenvalue weighted by atomic mass is 35.5. The van der Waals surface area contributed by atoms with Gasteiger partial charge in [0.2, 0.25) is 0 Å². The molecular weight excluding hydrogens is 455 g/mol. The summed E-state index contributed by atoms with van der Waals surface area (Å²) in [5.41, 5.74) is -0.362. The fraction of sp³-hybridized carbons (Fsp3) is 0.0526. The summed E-state index contributed by atoms with van der Waals surface area (Å²) in [4.78, 5) is 37.0. The summed E-state index contributed by atoms with van der Waals surface area (Å²) < 4.78 is 6.12. The molecule has 0 bridgehead atoms. The standard InChI is InChI=1S/C19H13Cl3N4O4/c1-30-11-7-5-10(6-8-11)26-18(28)16(22)14(9-23-26)24-19(29)25-17(27)15-12(20)3-2-4-13(15)21/h2-9H,1H3,(H2,24,25,27,29). The molecule has 3 aromatic rings. The van der Waals surface area contributed by atoms with E-state index in [1.165, 1.54) is 25.4 Å². The van der Waals surface area contributed by atoms with E-state index in [0.717, 1.165) is 4.68 Å². The predicted molar refractivity (Wildman–Crippen MR) is 114 cm³/mol. The fourth-order valence-electron chi connectivity index (χ4n) is 2.46. The van der Waals surface area contributed by atoms with Crippen LogP contribution in [-0.4, -0.2) is 28.8 Å². The Morgan fingerprint density at radius 2 is 1.67 bits per heavy atom. The zero-order valence-electron chi connectivity index (χ0n) is 15.3. The van der Waals surface area contributed by atoms with Gasteiger partial charge in [0.25, 0.3) is 11.5 Å². The molecule has 0 aliphatic rings. The number of aromatic nitrogens is 2. The van der Waals surface area contributed by atoms with Crippen LogP contribution in [0.15, 0.2) is 53.5 Å². The van der Waals surface area contributed by atoms with Crippen molar-refractivity contribution in [1.29, 1.82) is 0 Å². The maximum Gasteiger partial charge on any atom is 0.326 e. The lowest BCUT2D eigenvalue weighted by atomic mass is 10.2. The van der Waals surface area contributed by atoms with Crippen molar-refractivity contribution in [2.24, 2.45) is 0 Å². The summed E-state index contributed by atoms with van der Waals surface area (Å²) in [7, 11) is 1.52. The SMILES string of the molecule is COc1ccc(-n2ncc(NC(=O)NC(=O)c3c(Cl)cccc3Cl)c(Cl)c2=O)cc1. The predicted octanol–water partition coefficient (Wildman–Crippen LogP) is 4.16. The highest BCUT2D eigenvalue weighted by Gasteiger charge is 2.19. The fourth-order valence-corrected chi connectivity index (χ4v) is 3.21. The van der Waals surface area contributed by atoms with Crippen molar-refractivity contribution in [3.63, 3.8) is 0 Å². The first-order valence-electron chi connectivity index (χ1n) is 8.30. The minimum absolute atomic E-state index is 0.0601. The van der Waals surface area contributed by atoms with Crippen LogP contribution in [-0.2, 0) is 0 Å². The van der Waals surface area contributed by atoms with Crippen molar-refractivity contribution >= 4 is 52.4 Å². The number of methoxy groups -OCH3 is 1. The Kier molecular flexibility index (Phi) is 6.61. The molecule has 0 saturated carbocycles. The Morgan fingerprint density at radius 3 is 2.27 bits per heavy atom. The monoisotopic (exact) mass is 466 g/mol. The lowest BCUT2D eigenvalue weighted by Gasteiger charge is -2.11. The third kappa shape index (κ3) is 4.56. The topological polar surface area (TPSA) is 102 Å². The van der Waals surface area contributed by atoms with Gasteiger partial charge < -0.3 is 10.1 Å². The molecule has 2 N–H and O–H groups in total. The molecule has 0 unspecified atom stereocenters. The first-order valence-corrected chi connectivity index (χ1v) is 9.44. The van der Waals surface area contributed by atoms with Gasteiger partial charge in [-0.25, -0.2) is 4.79 Å². The summed E-state index contributed by atoms with van der Waals surface area (Å²) >= 11 is 18.0. The molecule has 0 saturated heterocycles. The van der Waals surface area contributed by atoms with E-state index in [1.54, 1.807) is 30.3 Å². The van der Waals surface area contributed by atoms with Crippen molar-refractivity contribution in [2.45, 2.75) is 0 Å². The maximum atomic E-state index is 12.5. The molecular formula is C19H13Cl3N4O4. The van der Waals surface area contributed by atoms with E-state index in [2.05, 4.69) is 15.7 Å². The number of carbonyl (C=O) groups is 2. The molecule has 0 aliphatic heterocycles. The largest absolute Gasteiger partial charge is 0.497 e. The van der Waals surface area contributed by atoms with E-state index in [-0.39, 0.29) is 26.3 Å². The number of ether oxygens (including phenoxy) is 1. The van der Waals surface area contributed by atoms with Crippen molar-refractivity contribution in [1.82, 2.24) is 15.1 Å². The zero-order valence-corrected chi connectivity index (χ0v) is 17.5. The highest BCUT2D eigenvalue weighted by Crippen LogP contribution is 2.24. The molecule has 0 radical (unpaired) electrons. The Balaban J connectivity index is 1.78. The summed E-state index contributed by atoms with van der Waals surface area (Å²) in [5.74, 6) is -0.213. The Morgan fingerprint density at radius 1 is 1.03 bits per heavy atom. The number of carbonyl (C=O) groups excluding carboxylic acids is 2. The van der Waals surface area contributed by atoms with Crippen molar-refractivity contribution in [2.75, 3.05) is 12.4 Å². The number of hydrogen-bond donors (Lipinski definition) is 2. The minimum Gasteiger partial charge on any atom is -0.497 e. The quantitative estimate of drug-likeness (QED) is 0.600. The number of urea groups is 1. The molecule has 0 atom stereocenters. The second-order valence-electron chi connectivity index (χ2n) is 5.79. The van der Waals surface area contributed by atoms with E-state index in [1.807, 2.05) is 0 Å². The van der Waals surface area contributed by atoms with Gasteiger partial charge in [0.1, 0.15) is 10.8 Å². The zero-order chi connectivity index (χ0) is 21.8. The third-order valence-electron chi connectivity index (χ3n) is 3.90.